The molecule has 0 spiro atoms. The van der Waals surface area contributed by atoms with Gasteiger partial charge in [-0.3, -0.25) is 5.10 Å². The Kier molecular flexibility index (Phi) is 2.41. The van der Waals surface area contributed by atoms with E-state index in [1.54, 1.807) is 12.1 Å². The van der Waals surface area contributed by atoms with Gasteiger partial charge in [-0.25, -0.2) is 4.39 Å². The van der Waals surface area contributed by atoms with Crippen LogP contribution in [-0.2, 0) is 0 Å². The second-order valence-electron chi connectivity index (χ2n) is 4.03. The molecule has 2 aromatic carbocycles. The largest absolute Gasteiger partial charge is 0.308 e. The molecular weight excluding hydrogens is 229 g/mol. The van der Waals surface area contributed by atoms with E-state index in [0.717, 1.165) is 27.7 Å². The smallest absolute Gasteiger partial charge is 0.123 e. The van der Waals surface area contributed by atoms with E-state index in [1.807, 2.05) is 18.2 Å². The maximum Gasteiger partial charge on any atom is 0.123 e. The molecule has 1 aromatic heterocycles. The van der Waals surface area contributed by atoms with Crippen molar-refractivity contribution in [2.75, 3.05) is 0 Å². The van der Waals surface area contributed by atoms with Crippen molar-refractivity contribution in [1.29, 1.82) is 5.41 Å². The lowest BCUT2D eigenvalue weighted by atomic mass is 10.1. The molecule has 1 heterocycles. The Balaban J connectivity index is 2.22. The predicted octanol–water partition coefficient (Wildman–Crippen LogP) is 3.37. The number of hydrogen-bond donors (Lipinski definition) is 2. The standard InChI is InChI=1S/C14H10FN3/c15-11-4-2-10(3-5-11)14-12-7-9(8-16)1-6-13(12)17-18-14/h1-8,16H,(H,17,18). The Morgan fingerprint density at radius 1 is 1.11 bits per heavy atom. The zero-order chi connectivity index (χ0) is 12.5. The summed E-state index contributed by atoms with van der Waals surface area (Å²) in [6.07, 6.45) is 1.29. The SMILES string of the molecule is N=Cc1ccc2[nH]nc(-c3ccc(F)cc3)c2c1. The molecule has 0 saturated carbocycles. The first kappa shape index (κ1) is 10.7. The second kappa shape index (κ2) is 4.07. The molecule has 0 bridgehead atoms. The maximum absolute atomic E-state index is 12.9. The summed E-state index contributed by atoms with van der Waals surface area (Å²) in [5.41, 5.74) is 3.34. The highest BCUT2D eigenvalue weighted by atomic mass is 19.1. The molecule has 0 aliphatic heterocycles. The van der Waals surface area contributed by atoms with Crippen molar-refractivity contribution < 1.29 is 4.39 Å². The molecule has 0 radical (unpaired) electrons. The Bertz CT molecular complexity index is 713. The number of halogens is 1. The number of benzene rings is 2. The normalized spacial score (nSPS) is 10.7. The van der Waals surface area contributed by atoms with Crippen molar-refractivity contribution in [2.24, 2.45) is 0 Å². The quantitative estimate of drug-likeness (QED) is 0.662. The monoisotopic (exact) mass is 239 g/mol. The van der Waals surface area contributed by atoms with E-state index < -0.39 is 0 Å². The van der Waals surface area contributed by atoms with Gasteiger partial charge < -0.3 is 5.41 Å². The summed E-state index contributed by atoms with van der Waals surface area (Å²) in [5, 5.41) is 15.4. The average molecular weight is 239 g/mol. The first-order chi connectivity index (χ1) is 8.78. The predicted molar refractivity (Wildman–Crippen MR) is 69.4 cm³/mol. The summed E-state index contributed by atoms with van der Waals surface area (Å²) in [6, 6.07) is 11.8. The highest BCUT2D eigenvalue weighted by Gasteiger charge is 2.08. The minimum Gasteiger partial charge on any atom is -0.308 e. The van der Waals surface area contributed by atoms with Gasteiger partial charge >= 0.3 is 0 Å². The Labute approximate surface area is 103 Å². The molecule has 3 nitrogen and oxygen atoms in total. The molecule has 88 valence electrons. The van der Waals surface area contributed by atoms with Gasteiger partial charge in [-0.05, 0) is 42.0 Å². The average Bonchev–Trinajstić information content (AvgIpc) is 2.82. The minimum atomic E-state index is -0.265. The molecule has 0 amide bonds. The lowest BCUT2D eigenvalue weighted by Gasteiger charge is -1.98. The molecule has 18 heavy (non-hydrogen) atoms. The van der Waals surface area contributed by atoms with Crippen molar-refractivity contribution in [1.82, 2.24) is 10.2 Å². The van der Waals surface area contributed by atoms with Crippen LogP contribution in [0.25, 0.3) is 22.2 Å². The number of rotatable bonds is 2. The first-order valence-corrected chi connectivity index (χ1v) is 5.52. The van der Waals surface area contributed by atoms with E-state index in [-0.39, 0.29) is 5.82 Å². The molecule has 0 aliphatic carbocycles. The fourth-order valence-electron chi connectivity index (χ4n) is 1.95. The number of hydrogen-bond acceptors (Lipinski definition) is 2. The molecule has 0 aliphatic rings. The van der Waals surface area contributed by atoms with Gasteiger partial charge in [0.05, 0.1) is 11.2 Å². The Hall–Kier alpha value is -2.49. The fourth-order valence-corrected chi connectivity index (χ4v) is 1.95. The Morgan fingerprint density at radius 3 is 2.61 bits per heavy atom. The van der Waals surface area contributed by atoms with Crippen LogP contribution in [0.5, 0.6) is 0 Å². The molecular formula is C14H10FN3. The van der Waals surface area contributed by atoms with Crippen LogP contribution in [0, 0.1) is 11.2 Å². The first-order valence-electron chi connectivity index (χ1n) is 5.52. The van der Waals surface area contributed by atoms with Crippen LogP contribution >= 0.6 is 0 Å². The summed E-state index contributed by atoms with van der Waals surface area (Å²) in [6.45, 7) is 0. The third kappa shape index (κ3) is 1.68. The van der Waals surface area contributed by atoms with Gasteiger partial charge in [-0.2, -0.15) is 5.10 Å². The number of H-pyrrole nitrogens is 1. The van der Waals surface area contributed by atoms with Gasteiger partial charge in [0.2, 0.25) is 0 Å². The molecule has 0 saturated heterocycles. The molecule has 2 N–H and O–H groups in total. The van der Waals surface area contributed by atoms with Crippen LogP contribution in [0.15, 0.2) is 42.5 Å². The summed E-state index contributed by atoms with van der Waals surface area (Å²) in [4.78, 5) is 0. The van der Waals surface area contributed by atoms with Gasteiger partial charge in [0.25, 0.3) is 0 Å². The van der Waals surface area contributed by atoms with E-state index in [4.69, 9.17) is 5.41 Å². The van der Waals surface area contributed by atoms with Gasteiger partial charge in [0.15, 0.2) is 0 Å². The van der Waals surface area contributed by atoms with Crippen LogP contribution < -0.4 is 0 Å². The van der Waals surface area contributed by atoms with E-state index >= 15 is 0 Å². The minimum absolute atomic E-state index is 0.265. The molecule has 0 unspecified atom stereocenters. The maximum atomic E-state index is 12.9. The molecule has 4 heteroatoms. The highest BCUT2D eigenvalue weighted by Crippen LogP contribution is 2.26. The van der Waals surface area contributed by atoms with Crippen LogP contribution in [0.1, 0.15) is 5.56 Å². The third-order valence-corrected chi connectivity index (χ3v) is 2.87. The number of aromatic nitrogens is 2. The summed E-state index contributed by atoms with van der Waals surface area (Å²) < 4.78 is 12.9. The van der Waals surface area contributed by atoms with Gasteiger partial charge in [0.1, 0.15) is 5.82 Å². The van der Waals surface area contributed by atoms with Gasteiger partial charge in [0, 0.05) is 17.2 Å². The van der Waals surface area contributed by atoms with Crippen molar-refractivity contribution in [3.63, 3.8) is 0 Å². The molecule has 0 fully saturated rings. The number of fused-ring (bicyclic) bond motifs is 1. The number of nitrogens with zero attached hydrogens (tertiary/aromatic N) is 1. The lowest BCUT2D eigenvalue weighted by Crippen LogP contribution is -1.81. The van der Waals surface area contributed by atoms with Crippen LogP contribution in [-0.4, -0.2) is 16.4 Å². The number of nitrogens with one attached hydrogen (secondary N) is 2. The van der Waals surface area contributed by atoms with Crippen molar-refractivity contribution in [3.05, 3.63) is 53.8 Å². The number of aromatic amines is 1. The molecule has 0 atom stereocenters. The van der Waals surface area contributed by atoms with Gasteiger partial charge in [-0.1, -0.05) is 6.07 Å². The molecule has 3 aromatic rings. The zero-order valence-electron chi connectivity index (χ0n) is 9.44. The van der Waals surface area contributed by atoms with Crippen LogP contribution in [0.2, 0.25) is 0 Å². The highest BCUT2D eigenvalue weighted by molar-refractivity contribution is 5.96. The van der Waals surface area contributed by atoms with Crippen molar-refractivity contribution in [3.8, 4) is 11.3 Å². The van der Waals surface area contributed by atoms with Crippen molar-refractivity contribution in [2.45, 2.75) is 0 Å². The molecule has 3 rings (SSSR count). The van der Waals surface area contributed by atoms with E-state index in [9.17, 15) is 4.39 Å². The zero-order valence-corrected chi connectivity index (χ0v) is 9.44. The lowest BCUT2D eigenvalue weighted by molar-refractivity contribution is 0.628. The van der Waals surface area contributed by atoms with E-state index in [2.05, 4.69) is 10.2 Å². The van der Waals surface area contributed by atoms with Gasteiger partial charge in [-0.15, -0.1) is 0 Å². The second-order valence-corrected chi connectivity index (χ2v) is 4.03. The van der Waals surface area contributed by atoms with Crippen molar-refractivity contribution >= 4 is 17.1 Å². The summed E-state index contributed by atoms with van der Waals surface area (Å²) in [7, 11) is 0. The van der Waals surface area contributed by atoms with Crippen LogP contribution in [0.4, 0.5) is 4.39 Å². The summed E-state index contributed by atoms with van der Waals surface area (Å²) >= 11 is 0. The third-order valence-electron chi connectivity index (χ3n) is 2.87. The summed E-state index contributed by atoms with van der Waals surface area (Å²) in [5.74, 6) is -0.265. The topological polar surface area (TPSA) is 52.5 Å². The van der Waals surface area contributed by atoms with E-state index in [0.29, 0.717) is 0 Å². The van der Waals surface area contributed by atoms with Crippen LogP contribution in [0.3, 0.4) is 0 Å². The fraction of sp³-hybridized carbons (Fsp3) is 0. The Morgan fingerprint density at radius 2 is 1.89 bits per heavy atom. The van der Waals surface area contributed by atoms with E-state index in [1.165, 1.54) is 18.3 Å².